The van der Waals surface area contributed by atoms with Gasteiger partial charge >= 0.3 is 0 Å². The third-order valence-corrected chi connectivity index (χ3v) is 2.59. The van der Waals surface area contributed by atoms with Crippen molar-refractivity contribution in [2.45, 2.75) is 32.9 Å². The van der Waals surface area contributed by atoms with Crippen LogP contribution in [0.2, 0.25) is 0 Å². The summed E-state index contributed by atoms with van der Waals surface area (Å²) in [4.78, 5) is 0. The second-order valence-corrected chi connectivity index (χ2v) is 4.47. The third-order valence-electron chi connectivity index (χ3n) is 2.59. The van der Waals surface area contributed by atoms with Gasteiger partial charge in [0.05, 0.1) is 18.9 Å². The number of hydrogen-bond acceptors (Lipinski definition) is 6. The number of methoxy groups -OCH3 is 1. The van der Waals surface area contributed by atoms with Crippen molar-refractivity contribution < 1.29 is 18.7 Å². The molecule has 0 aliphatic carbocycles. The predicted octanol–water partition coefficient (Wildman–Crippen LogP) is 1.74. The number of hydrogen-bond donors (Lipinski definition) is 1. The summed E-state index contributed by atoms with van der Waals surface area (Å²) in [5.74, 6) is 0.763. The second-order valence-electron chi connectivity index (χ2n) is 4.47. The minimum atomic E-state index is 0.457. The maximum absolute atomic E-state index is 5.50. The smallest absolute Gasteiger partial charge is 0.162 e. The summed E-state index contributed by atoms with van der Waals surface area (Å²) in [5, 5.41) is 7.26. The molecule has 0 aliphatic rings. The Kier molecular flexibility index (Phi) is 10.1. The first-order valence-electron chi connectivity index (χ1n) is 7.16. The van der Waals surface area contributed by atoms with E-state index in [4.69, 9.17) is 18.7 Å². The van der Waals surface area contributed by atoms with E-state index in [1.807, 2.05) is 6.07 Å². The summed E-state index contributed by atoms with van der Waals surface area (Å²) >= 11 is 0. The molecule has 0 aliphatic heterocycles. The average Bonchev–Trinajstić information content (AvgIpc) is 2.90. The van der Waals surface area contributed by atoms with Gasteiger partial charge in [0.2, 0.25) is 0 Å². The first-order valence-corrected chi connectivity index (χ1v) is 7.16. The number of nitrogens with zero attached hydrogens (tertiary/aromatic N) is 1. The monoisotopic (exact) mass is 286 g/mol. The molecule has 0 aromatic carbocycles. The minimum absolute atomic E-state index is 0.457. The topological polar surface area (TPSA) is 65.8 Å². The van der Waals surface area contributed by atoms with Gasteiger partial charge in [0.25, 0.3) is 0 Å². The minimum Gasteiger partial charge on any atom is -0.382 e. The van der Waals surface area contributed by atoms with E-state index in [-0.39, 0.29) is 0 Å². The Labute approximate surface area is 120 Å². The lowest BCUT2D eigenvalue weighted by Crippen LogP contribution is -2.13. The van der Waals surface area contributed by atoms with Crippen molar-refractivity contribution in [3.8, 4) is 0 Å². The Balaban J connectivity index is 1.99. The van der Waals surface area contributed by atoms with Crippen LogP contribution in [-0.4, -0.2) is 45.2 Å². The van der Waals surface area contributed by atoms with Crippen LogP contribution in [0.25, 0.3) is 0 Å². The molecule has 1 aromatic heterocycles. The molecule has 0 radical (unpaired) electrons. The van der Waals surface area contributed by atoms with Crippen LogP contribution in [0.15, 0.2) is 10.6 Å². The Morgan fingerprint density at radius 1 is 1.20 bits per heavy atom. The van der Waals surface area contributed by atoms with E-state index in [0.29, 0.717) is 33.0 Å². The molecular weight excluding hydrogens is 260 g/mol. The molecule has 0 spiro atoms. The van der Waals surface area contributed by atoms with Gasteiger partial charge < -0.3 is 24.1 Å². The highest BCUT2D eigenvalue weighted by Gasteiger charge is 2.03. The van der Waals surface area contributed by atoms with Crippen LogP contribution in [0.1, 0.15) is 31.2 Å². The van der Waals surface area contributed by atoms with Crippen LogP contribution >= 0.6 is 0 Å². The summed E-state index contributed by atoms with van der Waals surface area (Å²) in [6.45, 7) is 6.92. The molecule has 0 saturated carbocycles. The van der Waals surface area contributed by atoms with Crippen LogP contribution in [0, 0.1) is 0 Å². The highest BCUT2D eigenvalue weighted by Crippen LogP contribution is 2.05. The van der Waals surface area contributed by atoms with Crippen LogP contribution < -0.4 is 5.32 Å². The zero-order valence-corrected chi connectivity index (χ0v) is 12.5. The van der Waals surface area contributed by atoms with Crippen molar-refractivity contribution in [1.82, 2.24) is 10.5 Å². The Hall–Kier alpha value is -0.950. The van der Waals surface area contributed by atoms with Crippen LogP contribution in [0.3, 0.4) is 0 Å². The summed E-state index contributed by atoms with van der Waals surface area (Å²) in [6, 6.07) is 1.93. The first-order chi connectivity index (χ1) is 9.86. The van der Waals surface area contributed by atoms with Crippen molar-refractivity contribution in [1.29, 1.82) is 0 Å². The fraction of sp³-hybridized carbons (Fsp3) is 0.786. The highest BCUT2D eigenvalue weighted by atomic mass is 16.5. The van der Waals surface area contributed by atoms with Crippen LogP contribution in [0.5, 0.6) is 0 Å². The molecule has 0 fully saturated rings. The van der Waals surface area contributed by atoms with E-state index in [1.165, 1.54) is 0 Å². The van der Waals surface area contributed by atoms with Crippen LogP contribution in [0.4, 0.5) is 0 Å². The number of rotatable bonds is 13. The van der Waals surface area contributed by atoms with Gasteiger partial charge in [-0.25, -0.2) is 0 Å². The van der Waals surface area contributed by atoms with Gasteiger partial charge in [0, 0.05) is 32.9 Å². The Morgan fingerprint density at radius 3 is 2.85 bits per heavy atom. The van der Waals surface area contributed by atoms with Gasteiger partial charge in [-0.05, 0) is 19.4 Å². The second kappa shape index (κ2) is 11.8. The molecule has 0 bridgehead atoms. The van der Waals surface area contributed by atoms with Crippen molar-refractivity contribution in [3.05, 3.63) is 17.5 Å². The quantitative estimate of drug-likeness (QED) is 0.557. The number of ether oxygens (including phenoxy) is 3. The molecule has 6 nitrogen and oxygen atoms in total. The largest absolute Gasteiger partial charge is 0.382 e. The lowest BCUT2D eigenvalue weighted by atomic mass is 10.3. The molecule has 1 rings (SSSR count). The van der Waals surface area contributed by atoms with E-state index < -0.39 is 0 Å². The number of nitrogens with one attached hydrogen (secondary N) is 1. The van der Waals surface area contributed by atoms with E-state index in [9.17, 15) is 0 Å². The molecule has 0 saturated heterocycles. The maximum Gasteiger partial charge on any atom is 0.162 e. The van der Waals surface area contributed by atoms with E-state index in [2.05, 4.69) is 17.4 Å². The maximum atomic E-state index is 5.50. The van der Waals surface area contributed by atoms with E-state index in [0.717, 1.165) is 37.4 Å². The van der Waals surface area contributed by atoms with Gasteiger partial charge in [0.15, 0.2) is 5.76 Å². The molecule has 20 heavy (non-hydrogen) atoms. The van der Waals surface area contributed by atoms with Gasteiger partial charge in [-0.15, -0.1) is 0 Å². The predicted molar refractivity (Wildman–Crippen MR) is 75.5 cm³/mol. The van der Waals surface area contributed by atoms with Gasteiger partial charge in [-0.2, -0.15) is 0 Å². The standard InChI is InChI=1S/C14H26N2O4/c1-3-5-15-11-13-10-14(20-16-13)12-19-7-4-6-18-9-8-17-2/h10,15H,3-9,11-12H2,1-2H3. The molecule has 116 valence electrons. The summed E-state index contributed by atoms with van der Waals surface area (Å²) in [7, 11) is 1.66. The molecule has 1 heterocycles. The molecular formula is C14H26N2O4. The van der Waals surface area contributed by atoms with Crippen molar-refractivity contribution in [2.75, 3.05) is 40.1 Å². The summed E-state index contributed by atoms with van der Waals surface area (Å²) in [6.07, 6.45) is 1.98. The first kappa shape index (κ1) is 17.1. The van der Waals surface area contributed by atoms with E-state index >= 15 is 0 Å². The fourth-order valence-corrected chi connectivity index (χ4v) is 1.58. The zero-order valence-electron chi connectivity index (χ0n) is 12.5. The van der Waals surface area contributed by atoms with E-state index in [1.54, 1.807) is 7.11 Å². The zero-order chi connectivity index (χ0) is 14.5. The fourth-order valence-electron chi connectivity index (χ4n) is 1.58. The molecule has 0 atom stereocenters. The normalized spacial score (nSPS) is 11.1. The SMILES string of the molecule is CCCNCc1cc(COCCCOCCOC)on1. The Bertz CT molecular complexity index is 331. The number of aromatic nitrogens is 1. The van der Waals surface area contributed by atoms with Crippen molar-refractivity contribution in [3.63, 3.8) is 0 Å². The molecule has 1 N–H and O–H groups in total. The van der Waals surface area contributed by atoms with Crippen molar-refractivity contribution >= 4 is 0 Å². The lowest BCUT2D eigenvalue weighted by Gasteiger charge is -2.03. The average molecular weight is 286 g/mol. The Morgan fingerprint density at radius 2 is 2.05 bits per heavy atom. The van der Waals surface area contributed by atoms with Gasteiger partial charge in [0.1, 0.15) is 6.61 Å². The van der Waals surface area contributed by atoms with Crippen molar-refractivity contribution in [2.24, 2.45) is 0 Å². The van der Waals surface area contributed by atoms with Gasteiger partial charge in [-0.1, -0.05) is 12.1 Å². The van der Waals surface area contributed by atoms with Crippen LogP contribution in [-0.2, 0) is 27.4 Å². The molecule has 1 aromatic rings. The third kappa shape index (κ3) is 8.27. The summed E-state index contributed by atoms with van der Waals surface area (Å²) < 4.78 is 20.9. The highest BCUT2D eigenvalue weighted by molar-refractivity contribution is 5.04. The lowest BCUT2D eigenvalue weighted by molar-refractivity contribution is 0.0443. The molecule has 0 amide bonds. The molecule has 6 heteroatoms. The molecule has 0 unspecified atom stereocenters. The van der Waals surface area contributed by atoms with Gasteiger partial charge in [-0.3, -0.25) is 0 Å². The summed E-state index contributed by atoms with van der Waals surface area (Å²) in [5.41, 5.74) is 0.917.